The van der Waals surface area contributed by atoms with Gasteiger partial charge in [-0.25, -0.2) is 0 Å². The largest absolute Gasteiger partial charge is 0.355 e. The van der Waals surface area contributed by atoms with Crippen LogP contribution in [0.4, 0.5) is 0 Å². The molecule has 4 N–H and O–H groups in total. The molecule has 0 unspecified atom stereocenters. The van der Waals surface area contributed by atoms with Crippen LogP contribution in [0.1, 0.15) is 26.2 Å². The Balaban J connectivity index is 0. The SMILES string of the molecule is CCCCCNC(=O)CNC(=O)CN.Cl. The van der Waals surface area contributed by atoms with Crippen LogP contribution in [0.5, 0.6) is 0 Å². The van der Waals surface area contributed by atoms with Crippen LogP contribution in [0.2, 0.25) is 0 Å². The molecular formula is C9H20ClN3O2. The average Bonchev–Trinajstić information content (AvgIpc) is 2.21. The molecule has 0 radical (unpaired) electrons. The zero-order chi connectivity index (χ0) is 10.8. The van der Waals surface area contributed by atoms with E-state index in [1.54, 1.807) is 0 Å². The van der Waals surface area contributed by atoms with E-state index in [0.29, 0.717) is 6.54 Å². The molecule has 6 heteroatoms. The van der Waals surface area contributed by atoms with Crippen molar-refractivity contribution in [2.24, 2.45) is 5.73 Å². The van der Waals surface area contributed by atoms with E-state index in [2.05, 4.69) is 17.6 Å². The molecule has 0 saturated carbocycles. The van der Waals surface area contributed by atoms with Crippen molar-refractivity contribution in [1.82, 2.24) is 10.6 Å². The van der Waals surface area contributed by atoms with Crippen LogP contribution in [0.25, 0.3) is 0 Å². The molecule has 2 amide bonds. The molecule has 90 valence electrons. The fraction of sp³-hybridized carbons (Fsp3) is 0.778. The summed E-state index contributed by atoms with van der Waals surface area (Å²) in [6, 6.07) is 0. The van der Waals surface area contributed by atoms with Gasteiger partial charge in [-0.3, -0.25) is 9.59 Å². The van der Waals surface area contributed by atoms with Crippen LogP contribution in [-0.4, -0.2) is 31.4 Å². The topological polar surface area (TPSA) is 84.2 Å². The first kappa shape index (κ1) is 16.6. The fourth-order valence-electron chi connectivity index (χ4n) is 0.916. The Bertz CT molecular complexity index is 188. The summed E-state index contributed by atoms with van der Waals surface area (Å²) in [6.45, 7) is 2.71. The molecule has 0 fully saturated rings. The third-order valence-electron chi connectivity index (χ3n) is 1.73. The first-order valence-electron chi connectivity index (χ1n) is 4.94. The molecule has 15 heavy (non-hydrogen) atoms. The molecule has 0 saturated heterocycles. The van der Waals surface area contributed by atoms with Crippen LogP contribution in [0.15, 0.2) is 0 Å². The maximum Gasteiger partial charge on any atom is 0.239 e. The Morgan fingerprint density at radius 3 is 2.33 bits per heavy atom. The predicted molar refractivity (Wildman–Crippen MR) is 61.8 cm³/mol. The second-order valence-corrected chi connectivity index (χ2v) is 3.04. The number of carbonyl (C=O) groups is 2. The van der Waals surface area contributed by atoms with Crippen LogP contribution in [0.3, 0.4) is 0 Å². The van der Waals surface area contributed by atoms with Crippen LogP contribution in [0, 0.1) is 0 Å². The first-order chi connectivity index (χ1) is 6.70. The lowest BCUT2D eigenvalue weighted by Crippen LogP contribution is -2.39. The Morgan fingerprint density at radius 1 is 1.13 bits per heavy atom. The smallest absolute Gasteiger partial charge is 0.239 e. The van der Waals surface area contributed by atoms with E-state index in [9.17, 15) is 9.59 Å². The molecule has 0 bridgehead atoms. The molecule has 0 aliphatic rings. The zero-order valence-electron chi connectivity index (χ0n) is 9.04. The van der Waals surface area contributed by atoms with Gasteiger partial charge in [-0.2, -0.15) is 0 Å². The fourth-order valence-corrected chi connectivity index (χ4v) is 0.916. The molecule has 0 aliphatic carbocycles. The van der Waals surface area contributed by atoms with Crippen molar-refractivity contribution in [3.05, 3.63) is 0 Å². The van der Waals surface area contributed by atoms with E-state index in [4.69, 9.17) is 5.73 Å². The Kier molecular flexibility index (Phi) is 12.5. The molecule has 0 aromatic heterocycles. The Labute approximate surface area is 96.6 Å². The van der Waals surface area contributed by atoms with Gasteiger partial charge in [-0.15, -0.1) is 12.4 Å². The van der Waals surface area contributed by atoms with E-state index in [1.807, 2.05) is 0 Å². The first-order valence-corrected chi connectivity index (χ1v) is 4.94. The van der Waals surface area contributed by atoms with Gasteiger partial charge in [-0.05, 0) is 6.42 Å². The molecule has 0 heterocycles. The third kappa shape index (κ3) is 11.1. The van der Waals surface area contributed by atoms with Gasteiger partial charge in [0.25, 0.3) is 0 Å². The zero-order valence-corrected chi connectivity index (χ0v) is 9.86. The summed E-state index contributed by atoms with van der Waals surface area (Å²) < 4.78 is 0. The van der Waals surface area contributed by atoms with Crippen molar-refractivity contribution >= 4 is 24.2 Å². The van der Waals surface area contributed by atoms with Gasteiger partial charge in [0.15, 0.2) is 0 Å². The monoisotopic (exact) mass is 237 g/mol. The molecule has 5 nitrogen and oxygen atoms in total. The van der Waals surface area contributed by atoms with Crippen LogP contribution in [-0.2, 0) is 9.59 Å². The van der Waals surface area contributed by atoms with Gasteiger partial charge >= 0.3 is 0 Å². The van der Waals surface area contributed by atoms with Crippen molar-refractivity contribution in [2.75, 3.05) is 19.6 Å². The number of carbonyl (C=O) groups excluding carboxylic acids is 2. The van der Waals surface area contributed by atoms with Gasteiger partial charge in [0.2, 0.25) is 11.8 Å². The summed E-state index contributed by atoms with van der Waals surface area (Å²) in [5.41, 5.74) is 5.05. The van der Waals surface area contributed by atoms with Crippen LogP contribution >= 0.6 is 12.4 Å². The lowest BCUT2D eigenvalue weighted by molar-refractivity contribution is -0.125. The third-order valence-corrected chi connectivity index (χ3v) is 1.73. The van der Waals surface area contributed by atoms with Gasteiger partial charge in [0.1, 0.15) is 0 Å². The van der Waals surface area contributed by atoms with Gasteiger partial charge in [-0.1, -0.05) is 19.8 Å². The van der Waals surface area contributed by atoms with Crippen molar-refractivity contribution in [2.45, 2.75) is 26.2 Å². The Morgan fingerprint density at radius 2 is 1.80 bits per heavy atom. The molecule has 0 aromatic carbocycles. The highest BCUT2D eigenvalue weighted by Gasteiger charge is 2.02. The number of nitrogens with one attached hydrogen (secondary N) is 2. The molecule has 0 spiro atoms. The lowest BCUT2D eigenvalue weighted by atomic mass is 10.2. The number of halogens is 1. The minimum Gasteiger partial charge on any atom is -0.355 e. The second-order valence-electron chi connectivity index (χ2n) is 3.04. The highest BCUT2D eigenvalue weighted by Crippen LogP contribution is 1.90. The van der Waals surface area contributed by atoms with Gasteiger partial charge < -0.3 is 16.4 Å². The number of rotatable bonds is 7. The molecule has 0 atom stereocenters. The maximum absolute atomic E-state index is 11.1. The summed E-state index contributed by atoms with van der Waals surface area (Å²) in [4.78, 5) is 21.7. The Hall–Kier alpha value is -0.810. The number of hydrogen-bond acceptors (Lipinski definition) is 3. The molecular weight excluding hydrogens is 218 g/mol. The van der Waals surface area contributed by atoms with E-state index in [-0.39, 0.29) is 37.3 Å². The standard InChI is InChI=1S/C9H19N3O2.ClH/c1-2-3-4-5-11-9(14)7-12-8(13)6-10;/h2-7,10H2,1H3,(H,11,14)(H,12,13);1H. The highest BCUT2D eigenvalue weighted by atomic mass is 35.5. The molecule has 0 aliphatic heterocycles. The number of hydrogen-bond donors (Lipinski definition) is 3. The van der Waals surface area contributed by atoms with Crippen LogP contribution < -0.4 is 16.4 Å². The molecule has 0 rings (SSSR count). The van der Waals surface area contributed by atoms with Crippen molar-refractivity contribution in [3.8, 4) is 0 Å². The minimum absolute atomic E-state index is 0. The summed E-state index contributed by atoms with van der Waals surface area (Å²) in [7, 11) is 0. The van der Waals surface area contributed by atoms with E-state index in [1.165, 1.54) is 0 Å². The summed E-state index contributed by atoms with van der Waals surface area (Å²) in [6.07, 6.45) is 3.21. The van der Waals surface area contributed by atoms with E-state index in [0.717, 1.165) is 19.3 Å². The van der Waals surface area contributed by atoms with Gasteiger partial charge in [0.05, 0.1) is 13.1 Å². The quantitative estimate of drug-likeness (QED) is 0.536. The van der Waals surface area contributed by atoms with Gasteiger partial charge in [0, 0.05) is 6.54 Å². The molecule has 0 aromatic rings. The van der Waals surface area contributed by atoms with Crippen molar-refractivity contribution in [3.63, 3.8) is 0 Å². The maximum atomic E-state index is 11.1. The van der Waals surface area contributed by atoms with E-state index < -0.39 is 0 Å². The lowest BCUT2D eigenvalue weighted by Gasteiger charge is -2.05. The number of nitrogens with two attached hydrogens (primary N) is 1. The van der Waals surface area contributed by atoms with E-state index >= 15 is 0 Å². The second kappa shape index (κ2) is 11.3. The average molecular weight is 238 g/mol. The summed E-state index contributed by atoms with van der Waals surface area (Å²) in [5.74, 6) is -0.475. The summed E-state index contributed by atoms with van der Waals surface area (Å²) in [5, 5.41) is 5.10. The minimum atomic E-state index is -0.311. The number of unbranched alkanes of at least 4 members (excludes halogenated alkanes) is 2. The normalized spacial score (nSPS) is 8.93. The predicted octanol–water partition coefficient (Wildman–Crippen LogP) is -0.210. The summed E-state index contributed by atoms with van der Waals surface area (Å²) >= 11 is 0. The highest BCUT2D eigenvalue weighted by molar-refractivity contribution is 5.85. The van der Waals surface area contributed by atoms with Crippen molar-refractivity contribution in [1.29, 1.82) is 0 Å². The van der Waals surface area contributed by atoms with Crippen molar-refractivity contribution < 1.29 is 9.59 Å². The number of amides is 2.